The molecule has 0 saturated carbocycles. The van der Waals surface area contributed by atoms with E-state index in [2.05, 4.69) is 4.98 Å². The number of nitrogens with zero attached hydrogens (tertiary/aromatic N) is 3. The molecule has 1 saturated heterocycles. The maximum absolute atomic E-state index is 12.7. The molecule has 0 amide bonds. The zero-order chi connectivity index (χ0) is 14.8. The third kappa shape index (κ3) is 2.50. The zero-order valence-electron chi connectivity index (χ0n) is 11.9. The molecule has 0 spiro atoms. The molecule has 6 heteroatoms. The van der Waals surface area contributed by atoms with E-state index in [0.717, 1.165) is 13.0 Å². The number of hydrogen-bond donors (Lipinski definition) is 1. The number of methoxy groups -OCH3 is 1. The molecule has 110 valence electrons. The monoisotopic (exact) mass is 286 g/mol. The van der Waals surface area contributed by atoms with Crippen LogP contribution in [0.1, 0.15) is 6.42 Å². The van der Waals surface area contributed by atoms with Crippen LogP contribution in [0, 0.1) is 0 Å². The summed E-state index contributed by atoms with van der Waals surface area (Å²) in [5, 5.41) is 0. The molecule has 1 aromatic carbocycles. The molecule has 2 N–H and O–H groups in total. The first kappa shape index (κ1) is 13.6. The van der Waals surface area contributed by atoms with E-state index < -0.39 is 0 Å². The van der Waals surface area contributed by atoms with Gasteiger partial charge in [0, 0.05) is 31.5 Å². The lowest BCUT2D eigenvalue weighted by atomic mass is 10.3. The van der Waals surface area contributed by atoms with Crippen LogP contribution in [-0.2, 0) is 0 Å². The average molecular weight is 286 g/mol. The van der Waals surface area contributed by atoms with Crippen LogP contribution in [0.3, 0.4) is 0 Å². The van der Waals surface area contributed by atoms with Crippen LogP contribution in [0.15, 0.2) is 41.5 Å². The molecular formula is C15H18N4O2. The quantitative estimate of drug-likeness (QED) is 0.902. The van der Waals surface area contributed by atoms with E-state index >= 15 is 0 Å². The van der Waals surface area contributed by atoms with Crippen molar-refractivity contribution in [1.29, 1.82) is 0 Å². The summed E-state index contributed by atoms with van der Waals surface area (Å²) in [5.41, 5.74) is 6.46. The molecule has 2 heterocycles. The number of nitrogens with two attached hydrogens (primary N) is 1. The van der Waals surface area contributed by atoms with Gasteiger partial charge in [-0.3, -0.25) is 9.36 Å². The summed E-state index contributed by atoms with van der Waals surface area (Å²) >= 11 is 0. The molecule has 21 heavy (non-hydrogen) atoms. The van der Waals surface area contributed by atoms with Gasteiger partial charge in [0.2, 0.25) is 0 Å². The van der Waals surface area contributed by atoms with E-state index in [1.165, 1.54) is 0 Å². The van der Waals surface area contributed by atoms with E-state index in [4.69, 9.17) is 10.5 Å². The minimum atomic E-state index is -0.156. The number of aromatic nitrogens is 2. The Balaban J connectivity index is 2.07. The number of benzene rings is 1. The van der Waals surface area contributed by atoms with E-state index in [9.17, 15) is 4.79 Å². The Labute approximate surface area is 122 Å². The lowest BCUT2D eigenvalue weighted by Crippen LogP contribution is -2.33. The van der Waals surface area contributed by atoms with Gasteiger partial charge in [-0.05, 0) is 18.6 Å². The van der Waals surface area contributed by atoms with Gasteiger partial charge >= 0.3 is 0 Å². The van der Waals surface area contributed by atoms with Crippen LogP contribution >= 0.6 is 0 Å². The summed E-state index contributed by atoms with van der Waals surface area (Å²) in [6.45, 7) is 1.43. The van der Waals surface area contributed by atoms with Gasteiger partial charge < -0.3 is 15.4 Å². The molecule has 0 radical (unpaired) electrons. The number of anilines is 1. The molecule has 1 aliphatic heterocycles. The summed E-state index contributed by atoms with van der Waals surface area (Å²) in [5.74, 6) is 1.09. The number of hydrogen-bond acceptors (Lipinski definition) is 5. The Morgan fingerprint density at radius 2 is 2.19 bits per heavy atom. The van der Waals surface area contributed by atoms with Crippen molar-refractivity contribution in [3.63, 3.8) is 0 Å². The Hall–Kier alpha value is -2.34. The second-order valence-electron chi connectivity index (χ2n) is 5.09. The molecule has 2 aromatic rings. The second kappa shape index (κ2) is 5.57. The molecule has 3 rings (SSSR count). The SMILES string of the molecule is COc1ccccc1-n1ccnc(N2CC[C@H](N)C2)c1=O. The van der Waals surface area contributed by atoms with Crippen molar-refractivity contribution in [1.82, 2.24) is 9.55 Å². The van der Waals surface area contributed by atoms with Crippen molar-refractivity contribution in [2.45, 2.75) is 12.5 Å². The van der Waals surface area contributed by atoms with Gasteiger partial charge in [-0.1, -0.05) is 12.1 Å². The lowest BCUT2D eigenvalue weighted by molar-refractivity contribution is 0.412. The van der Waals surface area contributed by atoms with Crippen molar-refractivity contribution >= 4 is 5.82 Å². The van der Waals surface area contributed by atoms with Gasteiger partial charge in [0.15, 0.2) is 5.82 Å². The number of rotatable bonds is 3. The Bertz CT molecular complexity index is 698. The molecule has 6 nitrogen and oxygen atoms in total. The third-order valence-electron chi connectivity index (χ3n) is 3.69. The summed E-state index contributed by atoms with van der Waals surface area (Å²) in [6, 6.07) is 7.52. The molecule has 0 unspecified atom stereocenters. The van der Waals surface area contributed by atoms with E-state index in [1.54, 1.807) is 24.1 Å². The Morgan fingerprint density at radius 1 is 1.38 bits per heavy atom. The van der Waals surface area contributed by atoms with E-state index in [1.807, 2.05) is 29.2 Å². The maximum atomic E-state index is 12.7. The van der Waals surface area contributed by atoms with Crippen molar-refractivity contribution in [2.75, 3.05) is 25.1 Å². The van der Waals surface area contributed by atoms with Crippen LogP contribution < -0.4 is 20.9 Å². The van der Waals surface area contributed by atoms with Gasteiger partial charge in [0.25, 0.3) is 5.56 Å². The van der Waals surface area contributed by atoms with E-state index in [0.29, 0.717) is 23.8 Å². The van der Waals surface area contributed by atoms with E-state index in [-0.39, 0.29) is 11.6 Å². The van der Waals surface area contributed by atoms with Crippen molar-refractivity contribution in [3.05, 3.63) is 47.0 Å². The normalized spacial score (nSPS) is 18.0. The third-order valence-corrected chi connectivity index (χ3v) is 3.69. The molecule has 1 atom stereocenters. The van der Waals surface area contributed by atoms with Gasteiger partial charge in [0.05, 0.1) is 12.8 Å². The predicted octanol–water partition coefficient (Wildman–Crippen LogP) is 0.779. The minimum Gasteiger partial charge on any atom is -0.495 e. The van der Waals surface area contributed by atoms with Crippen LogP contribution in [-0.4, -0.2) is 35.8 Å². The first-order valence-electron chi connectivity index (χ1n) is 6.92. The summed E-state index contributed by atoms with van der Waals surface area (Å²) in [6.07, 6.45) is 4.16. The highest BCUT2D eigenvalue weighted by molar-refractivity contribution is 5.49. The summed E-state index contributed by atoms with van der Waals surface area (Å²) in [7, 11) is 1.59. The van der Waals surface area contributed by atoms with Crippen molar-refractivity contribution < 1.29 is 4.74 Å². The largest absolute Gasteiger partial charge is 0.495 e. The minimum absolute atomic E-state index is 0.103. The summed E-state index contributed by atoms with van der Waals surface area (Å²) in [4.78, 5) is 18.9. The highest BCUT2D eigenvalue weighted by Gasteiger charge is 2.23. The van der Waals surface area contributed by atoms with Crippen LogP contribution in [0.2, 0.25) is 0 Å². The van der Waals surface area contributed by atoms with Gasteiger partial charge in [-0.2, -0.15) is 0 Å². The topological polar surface area (TPSA) is 73.4 Å². The van der Waals surface area contributed by atoms with Crippen molar-refractivity contribution in [3.8, 4) is 11.4 Å². The summed E-state index contributed by atoms with van der Waals surface area (Å²) < 4.78 is 6.88. The molecule has 0 aliphatic carbocycles. The molecule has 0 bridgehead atoms. The highest BCUT2D eigenvalue weighted by Crippen LogP contribution is 2.21. The maximum Gasteiger partial charge on any atom is 0.298 e. The fraction of sp³-hybridized carbons (Fsp3) is 0.333. The average Bonchev–Trinajstić information content (AvgIpc) is 2.94. The first-order valence-corrected chi connectivity index (χ1v) is 6.92. The lowest BCUT2D eigenvalue weighted by Gasteiger charge is -2.17. The molecule has 1 aromatic heterocycles. The number of ether oxygens (including phenoxy) is 1. The fourth-order valence-electron chi connectivity index (χ4n) is 2.62. The number of para-hydroxylation sites is 2. The zero-order valence-corrected chi connectivity index (χ0v) is 11.9. The second-order valence-corrected chi connectivity index (χ2v) is 5.09. The molecule has 1 fully saturated rings. The first-order chi connectivity index (χ1) is 10.2. The Kier molecular flexibility index (Phi) is 3.62. The van der Waals surface area contributed by atoms with Gasteiger partial charge in [0.1, 0.15) is 5.75 Å². The van der Waals surface area contributed by atoms with Crippen LogP contribution in [0.4, 0.5) is 5.82 Å². The molecule has 1 aliphatic rings. The highest BCUT2D eigenvalue weighted by atomic mass is 16.5. The van der Waals surface area contributed by atoms with Crippen LogP contribution in [0.5, 0.6) is 5.75 Å². The Morgan fingerprint density at radius 3 is 2.90 bits per heavy atom. The van der Waals surface area contributed by atoms with Gasteiger partial charge in [-0.25, -0.2) is 4.98 Å². The predicted molar refractivity (Wildman–Crippen MR) is 81.2 cm³/mol. The van der Waals surface area contributed by atoms with Crippen molar-refractivity contribution in [2.24, 2.45) is 5.73 Å². The molecular weight excluding hydrogens is 268 g/mol. The fourth-order valence-corrected chi connectivity index (χ4v) is 2.62. The smallest absolute Gasteiger partial charge is 0.298 e. The standard InChI is InChI=1S/C15H18N4O2/c1-21-13-5-3-2-4-12(13)19-9-7-17-14(15(19)20)18-8-6-11(16)10-18/h2-5,7,9,11H,6,8,10,16H2,1H3/t11-/m0/s1. The van der Waals surface area contributed by atoms with Gasteiger partial charge in [-0.15, -0.1) is 0 Å². The van der Waals surface area contributed by atoms with Crippen LogP contribution in [0.25, 0.3) is 5.69 Å².